The molecule has 1 aromatic heterocycles. The molecule has 0 unspecified atom stereocenters. The van der Waals surface area contributed by atoms with Crippen LogP contribution in [0.1, 0.15) is 27.2 Å². The molecular formula is C17H17F6N5O2. The monoisotopic (exact) mass is 437 g/mol. The third kappa shape index (κ3) is 4.66. The average Bonchev–Trinajstić information content (AvgIpc) is 3.04. The summed E-state index contributed by atoms with van der Waals surface area (Å²) >= 11 is 0. The fraction of sp³-hybridized carbons (Fsp3) is 0.471. The fourth-order valence-corrected chi connectivity index (χ4v) is 3.17. The number of carboxylic acids is 1. The summed E-state index contributed by atoms with van der Waals surface area (Å²) < 4.78 is 79.6. The topological polar surface area (TPSA) is 74.5 Å². The van der Waals surface area contributed by atoms with Gasteiger partial charge in [0.2, 0.25) is 5.69 Å². The number of carbonyl (C=O) groups is 1. The minimum absolute atomic E-state index is 0.0366. The van der Waals surface area contributed by atoms with Gasteiger partial charge in [-0.1, -0.05) is 5.21 Å². The molecule has 1 fully saturated rings. The highest BCUT2D eigenvalue weighted by atomic mass is 19.4. The number of anilines is 1. The Morgan fingerprint density at radius 3 is 2.00 bits per heavy atom. The Morgan fingerprint density at radius 1 is 1.00 bits per heavy atom. The second kappa shape index (κ2) is 7.78. The summed E-state index contributed by atoms with van der Waals surface area (Å²) in [7, 11) is 1.87. The van der Waals surface area contributed by atoms with Crippen LogP contribution in [0.2, 0.25) is 0 Å². The third-order valence-corrected chi connectivity index (χ3v) is 4.69. The maximum Gasteiger partial charge on any atom is 0.416 e. The molecule has 2 heterocycles. The summed E-state index contributed by atoms with van der Waals surface area (Å²) in [6.45, 7) is 1.48. The first kappa shape index (κ1) is 21.9. The predicted molar refractivity (Wildman–Crippen MR) is 92.2 cm³/mol. The smallest absolute Gasteiger partial charge is 0.416 e. The quantitative estimate of drug-likeness (QED) is 0.742. The lowest BCUT2D eigenvalue weighted by Crippen LogP contribution is -2.45. The Bertz CT molecular complexity index is 899. The second-order valence-corrected chi connectivity index (χ2v) is 6.93. The Labute approximate surface area is 166 Å². The Morgan fingerprint density at radius 2 is 1.53 bits per heavy atom. The van der Waals surface area contributed by atoms with E-state index in [9.17, 15) is 36.2 Å². The van der Waals surface area contributed by atoms with E-state index in [4.69, 9.17) is 0 Å². The van der Waals surface area contributed by atoms with E-state index in [2.05, 4.69) is 10.3 Å². The number of aromatic carboxylic acids is 1. The molecule has 2 aromatic rings. The number of benzene rings is 1. The molecule has 3 rings (SSSR count). The number of hydrogen-bond acceptors (Lipinski definition) is 5. The minimum Gasteiger partial charge on any atom is -0.476 e. The van der Waals surface area contributed by atoms with Gasteiger partial charge in [0, 0.05) is 26.2 Å². The van der Waals surface area contributed by atoms with Gasteiger partial charge in [-0.25, -0.2) is 9.48 Å². The molecule has 13 heteroatoms. The number of rotatable bonds is 4. The molecule has 164 valence electrons. The first-order valence-electron chi connectivity index (χ1n) is 8.75. The van der Waals surface area contributed by atoms with Crippen LogP contribution in [-0.4, -0.2) is 64.2 Å². The highest BCUT2D eigenvalue weighted by Gasteiger charge is 2.37. The van der Waals surface area contributed by atoms with E-state index in [0.29, 0.717) is 38.3 Å². The van der Waals surface area contributed by atoms with E-state index in [0.717, 1.165) is 4.68 Å². The number of likely N-dealkylation sites (N-methyl/N-ethyl adjacent to an activating group) is 1. The maximum atomic E-state index is 13.1. The molecule has 0 radical (unpaired) electrons. The van der Waals surface area contributed by atoms with Crippen LogP contribution < -0.4 is 4.90 Å². The summed E-state index contributed by atoms with van der Waals surface area (Å²) in [6, 6.07) is 1.21. The van der Waals surface area contributed by atoms with Crippen LogP contribution in [0.15, 0.2) is 18.2 Å². The molecule has 0 spiro atoms. The van der Waals surface area contributed by atoms with Crippen LogP contribution in [0.4, 0.5) is 32.2 Å². The van der Waals surface area contributed by atoms with Crippen molar-refractivity contribution >= 4 is 11.8 Å². The number of hydrogen-bond donors (Lipinski definition) is 1. The number of alkyl halides is 6. The summed E-state index contributed by atoms with van der Waals surface area (Å²) in [5.41, 5.74) is -3.64. The molecule has 7 nitrogen and oxygen atoms in total. The molecule has 0 amide bonds. The number of piperazine rings is 1. The zero-order valence-electron chi connectivity index (χ0n) is 15.6. The number of carboxylic acid groups (broad SMARTS) is 1. The van der Waals surface area contributed by atoms with Crippen LogP contribution in [0.25, 0.3) is 0 Å². The van der Waals surface area contributed by atoms with Crippen molar-refractivity contribution in [1.82, 2.24) is 19.9 Å². The molecule has 0 atom stereocenters. The van der Waals surface area contributed by atoms with Gasteiger partial charge in [-0.15, -0.1) is 5.10 Å². The Balaban J connectivity index is 2.03. The average molecular weight is 437 g/mol. The van der Waals surface area contributed by atoms with E-state index in [-0.39, 0.29) is 17.4 Å². The van der Waals surface area contributed by atoms with Crippen LogP contribution >= 0.6 is 0 Å². The molecule has 1 saturated heterocycles. The van der Waals surface area contributed by atoms with E-state index < -0.39 is 41.7 Å². The van der Waals surface area contributed by atoms with Gasteiger partial charge in [0.1, 0.15) is 0 Å². The fourth-order valence-electron chi connectivity index (χ4n) is 3.17. The van der Waals surface area contributed by atoms with Crippen molar-refractivity contribution in [1.29, 1.82) is 0 Å². The third-order valence-electron chi connectivity index (χ3n) is 4.69. The van der Waals surface area contributed by atoms with Gasteiger partial charge in [0.25, 0.3) is 0 Å². The molecule has 1 N–H and O–H groups in total. The van der Waals surface area contributed by atoms with Crippen molar-refractivity contribution in [3.63, 3.8) is 0 Å². The summed E-state index contributed by atoms with van der Waals surface area (Å²) in [6.07, 6.45) is -9.96. The lowest BCUT2D eigenvalue weighted by molar-refractivity contribution is -0.143. The molecule has 1 aromatic carbocycles. The first-order valence-corrected chi connectivity index (χ1v) is 8.75. The number of halogens is 6. The van der Waals surface area contributed by atoms with Crippen LogP contribution in [0, 0.1) is 0 Å². The van der Waals surface area contributed by atoms with E-state index >= 15 is 0 Å². The molecule has 1 aliphatic heterocycles. The Hall–Kier alpha value is -2.83. The zero-order valence-corrected chi connectivity index (χ0v) is 15.6. The van der Waals surface area contributed by atoms with Gasteiger partial charge in [-0.3, -0.25) is 0 Å². The normalized spacial score (nSPS) is 16.2. The minimum atomic E-state index is -4.98. The first-order chi connectivity index (χ1) is 13.9. The Kier molecular flexibility index (Phi) is 5.67. The molecule has 0 saturated carbocycles. The summed E-state index contributed by atoms with van der Waals surface area (Å²) in [5, 5.41) is 16.6. The summed E-state index contributed by atoms with van der Waals surface area (Å²) in [5.74, 6) is -1.35. The van der Waals surface area contributed by atoms with Gasteiger partial charge >= 0.3 is 18.3 Å². The predicted octanol–water partition coefficient (Wildman–Crippen LogP) is 2.81. The lowest BCUT2D eigenvalue weighted by atomic mass is 10.0. The van der Waals surface area contributed by atoms with Crippen LogP contribution in [0.5, 0.6) is 0 Å². The van der Waals surface area contributed by atoms with E-state index in [1.165, 1.54) is 0 Å². The van der Waals surface area contributed by atoms with Gasteiger partial charge in [-0.2, -0.15) is 26.3 Å². The highest BCUT2D eigenvalue weighted by Crippen LogP contribution is 2.36. The molecule has 30 heavy (non-hydrogen) atoms. The van der Waals surface area contributed by atoms with Crippen molar-refractivity contribution in [2.45, 2.75) is 18.9 Å². The molecule has 0 aliphatic carbocycles. The van der Waals surface area contributed by atoms with Gasteiger partial charge in [0.15, 0.2) is 5.82 Å². The second-order valence-electron chi connectivity index (χ2n) is 6.93. The standard InChI is InChI=1S/C17H17F6N5O2/c1-26-2-4-27(5-3-26)14-13(15(29)30)24-25-28(14)9-10-6-11(16(18,19)20)8-12(7-10)17(21,22)23/h6-8H,2-5,9H2,1H3,(H,29,30). The van der Waals surface area contributed by atoms with E-state index in [1.807, 2.05) is 11.9 Å². The number of nitrogens with zero attached hydrogens (tertiary/aromatic N) is 5. The lowest BCUT2D eigenvalue weighted by Gasteiger charge is -2.33. The molecule has 0 bridgehead atoms. The highest BCUT2D eigenvalue weighted by molar-refractivity contribution is 5.91. The van der Waals surface area contributed by atoms with Crippen molar-refractivity contribution in [2.75, 3.05) is 38.1 Å². The van der Waals surface area contributed by atoms with Crippen molar-refractivity contribution < 1.29 is 36.2 Å². The van der Waals surface area contributed by atoms with Crippen LogP contribution in [-0.2, 0) is 18.9 Å². The van der Waals surface area contributed by atoms with Gasteiger partial charge < -0.3 is 14.9 Å². The number of aromatic nitrogens is 3. The van der Waals surface area contributed by atoms with E-state index in [1.54, 1.807) is 4.90 Å². The largest absolute Gasteiger partial charge is 0.476 e. The van der Waals surface area contributed by atoms with Crippen LogP contribution in [0.3, 0.4) is 0 Å². The maximum absolute atomic E-state index is 13.1. The van der Waals surface area contributed by atoms with Crippen molar-refractivity contribution in [2.24, 2.45) is 0 Å². The molecule has 1 aliphatic rings. The van der Waals surface area contributed by atoms with Gasteiger partial charge in [-0.05, 0) is 30.8 Å². The summed E-state index contributed by atoms with van der Waals surface area (Å²) in [4.78, 5) is 15.2. The van der Waals surface area contributed by atoms with Crippen molar-refractivity contribution in [3.8, 4) is 0 Å². The zero-order chi connectivity index (χ0) is 22.3. The van der Waals surface area contributed by atoms with Gasteiger partial charge in [0.05, 0.1) is 17.7 Å². The SMILES string of the molecule is CN1CCN(c2c(C(=O)O)nnn2Cc2cc(C(F)(F)F)cc(C(F)(F)F)c2)CC1. The van der Waals surface area contributed by atoms with Crippen molar-refractivity contribution in [3.05, 3.63) is 40.6 Å². The molecular weight excluding hydrogens is 420 g/mol.